The molecule has 1 heterocycles. The Kier molecular flexibility index (Phi) is 3.85. The van der Waals surface area contributed by atoms with Crippen molar-refractivity contribution in [3.05, 3.63) is 41.3 Å². The van der Waals surface area contributed by atoms with Gasteiger partial charge in [0.25, 0.3) is 0 Å². The summed E-state index contributed by atoms with van der Waals surface area (Å²) in [6, 6.07) is 7.73. The molecule has 102 valence electrons. The van der Waals surface area contributed by atoms with Gasteiger partial charge in [-0.15, -0.1) is 0 Å². The number of hydrogen-bond acceptors (Lipinski definition) is 5. The Morgan fingerprint density at radius 1 is 1.20 bits per heavy atom. The van der Waals surface area contributed by atoms with Crippen LogP contribution >= 0.6 is 0 Å². The van der Waals surface area contributed by atoms with Crippen LogP contribution in [0, 0.1) is 25.2 Å². The number of aryl methyl sites for hydroxylation is 2. The molecule has 0 aliphatic carbocycles. The minimum Gasteiger partial charge on any atom is -0.495 e. The first kappa shape index (κ1) is 13.8. The van der Waals surface area contributed by atoms with E-state index in [1.54, 1.807) is 13.2 Å². The summed E-state index contributed by atoms with van der Waals surface area (Å²) < 4.78 is 5.46. The molecule has 0 N–H and O–H groups in total. The number of nitrogens with zero attached hydrogens (tertiary/aromatic N) is 4. The van der Waals surface area contributed by atoms with E-state index in [0.29, 0.717) is 11.5 Å². The Balaban J connectivity index is 2.53. The van der Waals surface area contributed by atoms with Crippen molar-refractivity contribution >= 4 is 11.5 Å². The van der Waals surface area contributed by atoms with E-state index in [1.165, 1.54) is 6.33 Å². The summed E-state index contributed by atoms with van der Waals surface area (Å²) in [4.78, 5) is 9.99. The van der Waals surface area contributed by atoms with Gasteiger partial charge in [0.2, 0.25) is 0 Å². The van der Waals surface area contributed by atoms with Crippen molar-refractivity contribution in [2.75, 3.05) is 19.1 Å². The molecule has 0 unspecified atom stereocenters. The average Bonchev–Trinajstić information content (AvgIpc) is 2.45. The molecule has 5 nitrogen and oxygen atoms in total. The Hall–Kier alpha value is -2.61. The molecule has 20 heavy (non-hydrogen) atoms. The van der Waals surface area contributed by atoms with E-state index < -0.39 is 0 Å². The molecule has 0 spiro atoms. The third kappa shape index (κ3) is 2.54. The molecule has 0 aliphatic heterocycles. The van der Waals surface area contributed by atoms with Gasteiger partial charge in [0, 0.05) is 13.1 Å². The lowest BCUT2D eigenvalue weighted by atomic mass is 10.1. The zero-order chi connectivity index (χ0) is 14.7. The number of aromatic nitrogens is 2. The highest BCUT2D eigenvalue weighted by molar-refractivity contribution is 5.71. The minimum atomic E-state index is 0.339. The maximum absolute atomic E-state index is 8.92. The van der Waals surface area contributed by atoms with E-state index >= 15 is 0 Å². The molecular formula is C15H16N4O. The third-order valence-corrected chi connectivity index (χ3v) is 3.08. The van der Waals surface area contributed by atoms with Crippen molar-refractivity contribution in [3.8, 4) is 11.8 Å². The van der Waals surface area contributed by atoms with E-state index in [4.69, 9.17) is 10.00 Å². The van der Waals surface area contributed by atoms with E-state index in [2.05, 4.69) is 16.0 Å². The highest BCUT2D eigenvalue weighted by Gasteiger charge is 2.15. The van der Waals surface area contributed by atoms with Crippen molar-refractivity contribution < 1.29 is 4.74 Å². The normalized spacial score (nSPS) is 9.95. The highest BCUT2D eigenvalue weighted by Crippen LogP contribution is 2.35. The van der Waals surface area contributed by atoms with E-state index in [-0.39, 0.29) is 0 Å². The van der Waals surface area contributed by atoms with Crippen LogP contribution in [0.1, 0.15) is 16.8 Å². The summed E-state index contributed by atoms with van der Waals surface area (Å²) in [6.07, 6.45) is 1.39. The summed E-state index contributed by atoms with van der Waals surface area (Å²) in [5, 5.41) is 8.92. The Bertz CT molecular complexity index is 676. The lowest BCUT2D eigenvalue weighted by molar-refractivity contribution is 0.415. The SMILES string of the molecule is COc1cc(C)cc(C)c1N(C)c1cc(C#N)ncn1. The van der Waals surface area contributed by atoms with Crippen molar-refractivity contribution in [1.29, 1.82) is 5.26 Å². The first-order valence-corrected chi connectivity index (χ1v) is 6.18. The summed E-state index contributed by atoms with van der Waals surface area (Å²) in [7, 11) is 3.54. The second kappa shape index (κ2) is 5.57. The van der Waals surface area contributed by atoms with Crippen molar-refractivity contribution in [2.24, 2.45) is 0 Å². The topological polar surface area (TPSA) is 62.0 Å². The van der Waals surface area contributed by atoms with E-state index in [1.807, 2.05) is 37.9 Å². The minimum absolute atomic E-state index is 0.339. The first-order chi connectivity index (χ1) is 9.56. The molecule has 0 atom stereocenters. The molecule has 2 aromatic rings. The molecule has 0 fully saturated rings. The Morgan fingerprint density at radius 2 is 1.95 bits per heavy atom. The largest absolute Gasteiger partial charge is 0.495 e. The van der Waals surface area contributed by atoms with Gasteiger partial charge in [-0.05, 0) is 31.0 Å². The fraction of sp³-hybridized carbons (Fsp3) is 0.267. The number of methoxy groups -OCH3 is 1. The standard InChI is InChI=1S/C15H16N4O/c1-10-5-11(2)15(13(6-10)20-4)19(3)14-7-12(8-16)17-9-18-14/h5-7,9H,1-4H3. The van der Waals surface area contributed by atoms with Crippen LogP contribution in [0.2, 0.25) is 0 Å². The van der Waals surface area contributed by atoms with Gasteiger partial charge in [-0.25, -0.2) is 9.97 Å². The van der Waals surface area contributed by atoms with Crippen LogP contribution < -0.4 is 9.64 Å². The maximum atomic E-state index is 8.92. The van der Waals surface area contributed by atoms with E-state index in [9.17, 15) is 0 Å². The lowest BCUT2D eigenvalue weighted by Gasteiger charge is -2.23. The predicted octanol–water partition coefficient (Wildman–Crippen LogP) is 2.74. The molecule has 1 aromatic heterocycles. The lowest BCUT2D eigenvalue weighted by Crippen LogP contribution is -2.14. The quantitative estimate of drug-likeness (QED) is 0.856. The second-order valence-electron chi connectivity index (χ2n) is 4.56. The fourth-order valence-electron chi connectivity index (χ4n) is 2.21. The van der Waals surface area contributed by atoms with Crippen LogP contribution in [0.25, 0.3) is 0 Å². The van der Waals surface area contributed by atoms with Gasteiger partial charge < -0.3 is 9.64 Å². The number of benzene rings is 1. The summed E-state index contributed by atoms with van der Waals surface area (Å²) in [5.41, 5.74) is 3.49. The van der Waals surface area contributed by atoms with Crippen LogP contribution in [-0.2, 0) is 0 Å². The highest BCUT2D eigenvalue weighted by atomic mass is 16.5. The molecule has 0 saturated heterocycles. The molecule has 0 aliphatic rings. The van der Waals surface area contributed by atoms with Crippen LogP contribution in [-0.4, -0.2) is 24.1 Å². The van der Waals surface area contributed by atoms with Gasteiger partial charge in [0.05, 0.1) is 12.8 Å². The van der Waals surface area contributed by atoms with Crippen molar-refractivity contribution in [2.45, 2.75) is 13.8 Å². The van der Waals surface area contributed by atoms with Gasteiger partial charge in [-0.3, -0.25) is 0 Å². The average molecular weight is 268 g/mol. The molecule has 0 bridgehead atoms. The molecule has 0 amide bonds. The van der Waals surface area contributed by atoms with Crippen molar-refractivity contribution in [1.82, 2.24) is 9.97 Å². The number of anilines is 2. The van der Waals surface area contributed by atoms with Gasteiger partial charge in [-0.2, -0.15) is 5.26 Å². The van der Waals surface area contributed by atoms with Gasteiger partial charge in [0.15, 0.2) is 0 Å². The second-order valence-corrected chi connectivity index (χ2v) is 4.56. The smallest absolute Gasteiger partial charge is 0.145 e. The molecular weight excluding hydrogens is 252 g/mol. The third-order valence-electron chi connectivity index (χ3n) is 3.08. The summed E-state index contributed by atoms with van der Waals surface area (Å²) in [5.74, 6) is 1.43. The predicted molar refractivity (Wildman–Crippen MR) is 77.3 cm³/mol. The van der Waals surface area contributed by atoms with Gasteiger partial charge >= 0.3 is 0 Å². The molecule has 5 heteroatoms. The molecule has 0 radical (unpaired) electrons. The zero-order valence-corrected chi connectivity index (χ0v) is 12.0. The molecule has 0 saturated carbocycles. The number of rotatable bonds is 3. The van der Waals surface area contributed by atoms with Crippen LogP contribution in [0.3, 0.4) is 0 Å². The fourth-order valence-corrected chi connectivity index (χ4v) is 2.21. The van der Waals surface area contributed by atoms with Crippen LogP contribution in [0.15, 0.2) is 24.5 Å². The van der Waals surface area contributed by atoms with Crippen LogP contribution in [0.4, 0.5) is 11.5 Å². The zero-order valence-electron chi connectivity index (χ0n) is 12.0. The number of hydrogen-bond donors (Lipinski definition) is 0. The molecule has 1 aromatic carbocycles. The monoisotopic (exact) mass is 268 g/mol. The first-order valence-electron chi connectivity index (χ1n) is 6.18. The number of nitriles is 1. The Labute approximate surface area is 118 Å². The summed E-state index contributed by atoms with van der Waals surface area (Å²) in [6.45, 7) is 4.05. The van der Waals surface area contributed by atoms with Gasteiger partial charge in [0.1, 0.15) is 29.7 Å². The number of ether oxygens (including phenoxy) is 1. The van der Waals surface area contributed by atoms with E-state index in [0.717, 1.165) is 22.6 Å². The van der Waals surface area contributed by atoms with Crippen LogP contribution in [0.5, 0.6) is 5.75 Å². The maximum Gasteiger partial charge on any atom is 0.145 e. The molecule has 2 rings (SSSR count). The van der Waals surface area contributed by atoms with Gasteiger partial charge in [-0.1, -0.05) is 6.07 Å². The van der Waals surface area contributed by atoms with Crippen molar-refractivity contribution in [3.63, 3.8) is 0 Å². The summed E-state index contributed by atoms with van der Waals surface area (Å²) >= 11 is 0. The Morgan fingerprint density at radius 3 is 2.60 bits per heavy atom.